The summed E-state index contributed by atoms with van der Waals surface area (Å²) < 4.78 is 1.50. The van der Waals surface area contributed by atoms with E-state index in [1.807, 2.05) is 0 Å². The molecule has 0 aliphatic heterocycles. The number of H-pyrrole nitrogens is 1. The third-order valence-electron chi connectivity index (χ3n) is 2.96. The number of anilines is 1. The van der Waals surface area contributed by atoms with Gasteiger partial charge < -0.3 is 5.43 Å². The fourth-order valence-corrected chi connectivity index (χ4v) is 2.82. The molecule has 10 nitrogen and oxygen atoms in total. The second kappa shape index (κ2) is 5.18. The zero-order chi connectivity index (χ0) is 15.0. The number of pyridine rings is 1. The summed E-state index contributed by atoms with van der Waals surface area (Å²) in [7, 11) is 0. The molecule has 110 valence electrons. The van der Waals surface area contributed by atoms with Crippen LogP contribution in [0.2, 0.25) is 0 Å². The molecule has 2 aromatic heterocycles. The molecule has 0 bridgehead atoms. The van der Waals surface area contributed by atoms with Crippen molar-refractivity contribution in [2.45, 2.75) is 29.1 Å². The second-order valence-corrected chi connectivity index (χ2v) is 5.39. The number of nitro groups is 1. The van der Waals surface area contributed by atoms with Crippen LogP contribution in [0.25, 0.3) is 0 Å². The summed E-state index contributed by atoms with van der Waals surface area (Å²) in [6, 6.07) is 2.81. The molecule has 11 heteroatoms. The summed E-state index contributed by atoms with van der Waals surface area (Å²) in [5.41, 5.74) is 1.84. The van der Waals surface area contributed by atoms with Crippen LogP contribution in [0.1, 0.15) is 18.9 Å². The summed E-state index contributed by atoms with van der Waals surface area (Å²) in [6.45, 7) is 0. The van der Waals surface area contributed by atoms with Crippen LogP contribution >= 0.6 is 11.8 Å². The van der Waals surface area contributed by atoms with Gasteiger partial charge in [-0.3, -0.25) is 14.7 Å². The molecule has 0 atom stereocenters. The molecule has 2 heterocycles. The second-order valence-electron chi connectivity index (χ2n) is 4.44. The molecule has 3 rings (SSSR count). The lowest BCUT2D eigenvalue weighted by atomic mass is 10.4. The van der Waals surface area contributed by atoms with Gasteiger partial charge in [-0.25, -0.2) is 20.7 Å². The van der Waals surface area contributed by atoms with Crippen molar-refractivity contribution < 1.29 is 4.92 Å². The molecule has 0 aromatic carbocycles. The highest BCUT2D eigenvalue weighted by Gasteiger charge is 2.30. The van der Waals surface area contributed by atoms with E-state index >= 15 is 0 Å². The van der Waals surface area contributed by atoms with Crippen LogP contribution in [0.15, 0.2) is 27.1 Å². The molecule has 1 saturated carbocycles. The number of nitrogens with two attached hydrogens (primary N) is 1. The Morgan fingerprint density at radius 3 is 2.90 bits per heavy atom. The average molecular weight is 309 g/mol. The lowest BCUT2D eigenvalue weighted by molar-refractivity contribution is -0.388. The Labute approximate surface area is 121 Å². The third-order valence-corrected chi connectivity index (χ3v) is 3.92. The van der Waals surface area contributed by atoms with Gasteiger partial charge in [-0.05, 0) is 30.7 Å². The minimum absolute atomic E-state index is 0.105. The monoisotopic (exact) mass is 309 g/mol. The van der Waals surface area contributed by atoms with Crippen LogP contribution in [0.4, 0.5) is 11.5 Å². The largest absolute Gasteiger partial charge is 0.344 e. The van der Waals surface area contributed by atoms with Crippen molar-refractivity contribution in [3.63, 3.8) is 0 Å². The molecular weight excluding hydrogens is 298 g/mol. The molecule has 0 saturated heterocycles. The quantitative estimate of drug-likeness (QED) is 0.414. The number of nitrogen functional groups attached to an aromatic ring is 1. The normalized spacial score (nSPS) is 14.1. The number of aromatic nitrogens is 4. The Balaban J connectivity index is 2.01. The fourth-order valence-electron chi connectivity index (χ4n) is 1.83. The van der Waals surface area contributed by atoms with Crippen LogP contribution in [0, 0.1) is 10.1 Å². The molecule has 2 aromatic rings. The van der Waals surface area contributed by atoms with E-state index in [1.54, 1.807) is 0 Å². The Kier molecular flexibility index (Phi) is 3.35. The van der Waals surface area contributed by atoms with E-state index < -0.39 is 4.92 Å². The van der Waals surface area contributed by atoms with Gasteiger partial charge in [0.15, 0.2) is 10.2 Å². The molecule has 4 N–H and O–H groups in total. The van der Waals surface area contributed by atoms with Gasteiger partial charge in [-0.15, -0.1) is 5.10 Å². The minimum atomic E-state index is -0.540. The van der Waals surface area contributed by atoms with Crippen LogP contribution in [0.5, 0.6) is 0 Å². The molecule has 1 aliphatic rings. The highest BCUT2D eigenvalue weighted by molar-refractivity contribution is 7.99. The fraction of sp³-hybridized carbons (Fsp3) is 0.300. The van der Waals surface area contributed by atoms with Gasteiger partial charge in [0, 0.05) is 12.1 Å². The van der Waals surface area contributed by atoms with Crippen molar-refractivity contribution in [3.05, 3.63) is 32.7 Å². The summed E-state index contributed by atoms with van der Waals surface area (Å²) in [5.74, 6) is 5.55. The number of hydrazine groups is 1. The van der Waals surface area contributed by atoms with E-state index in [-0.39, 0.29) is 22.4 Å². The highest BCUT2D eigenvalue weighted by atomic mass is 32.2. The van der Waals surface area contributed by atoms with Crippen molar-refractivity contribution in [1.29, 1.82) is 0 Å². The third kappa shape index (κ3) is 2.60. The summed E-state index contributed by atoms with van der Waals surface area (Å²) in [4.78, 5) is 26.3. The Morgan fingerprint density at radius 1 is 1.52 bits per heavy atom. The summed E-state index contributed by atoms with van der Waals surface area (Å²) in [5, 5.41) is 17.8. The molecule has 0 amide bonds. The first-order valence-corrected chi connectivity index (χ1v) is 6.88. The maximum Gasteiger partial charge on any atom is 0.344 e. The van der Waals surface area contributed by atoms with Crippen molar-refractivity contribution in [2.24, 2.45) is 5.84 Å². The molecule has 0 unspecified atom stereocenters. The predicted octanol–water partition coefficient (Wildman–Crippen LogP) is 0.646. The maximum absolute atomic E-state index is 11.7. The van der Waals surface area contributed by atoms with Gasteiger partial charge >= 0.3 is 11.4 Å². The van der Waals surface area contributed by atoms with E-state index in [2.05, 4.69) is 20.6 Å². The zero-order valence-electron chi connectivity index (χ0n) is 10.6. The number of nitrogens with zero attached hydrogens (tertiary/aromatic N) is 4. The first-order chi connectivity index (χ1) is 10.1. The van der Waals surface area contributed by atoms with Crippen LogP contribution in [-0.2, 0) is 0 Å². The van der Waals surface area contributed by atoms with E-state index in [1.165, 1.54) is 16.7 Å². The maximum atomic E-state index is 11.7. The number of nitrogens with one attached hydrogen (secondary N) is 2. The molecule has 0 spiro atoms. The molecule has 21 heavy (non-hydrogen) atoms. The van der Waals surface area contributed by atoms with E-state index in [0.29, 0.717) is 11.0 Å². The van der Waals surface area contributed by atoms with Crippen molar-refractivity contribution in [3.8, 4) is 0 Å². The van der Waals surface area contributed by atoms with Crippen LogP contribution in [0.3, 0.4) is 0 Å². The molecule has 0 radical (unpaired) electrons. The van der Waals surface area contributed by atoms with Gasteiger partial charge in [0.1, 0.15) is 5.82 Å². The first-order valence-electron chi connectivity index (χ1n) is 6.07. The minimum Gasteiger partial charge on any atom is -0.308 e. The smallest absolute Gasteiger partial charge is 0.308 e. The number of hydrogen-bond donors (Lipinski definition) is 3. The number of rotatable bonds is 5. The van der Waals surface area contributed by atoms with E-state index in [9.17, 15) is 14.9 Å². The molecule has 1 fully saturated rings. The lowest BCUT2D eigenvalue weighted by Crippen LogP contribution is -2.16. The van der Waals surface area contributed by atoms with Gasteiger partial charge in [0.05, 0.1) is 4.92 Å². The van der Waals surface area contributed by atoms with E-state index in [0.717, 1.165) is 24.6 Å². The van der Waals surface area contributed by atoms with Gasteiger partial charge in [-0.1, -0.05) is 0 Å². The standard InChI is InChI=1S/C10H11N7O3S/c11-13-7-4-3-6(17(19)20)8(12-7)21-10-15-14-9(18)16(10)5-1-2-5/h3-5H,1-2,11H2,(H,12,13)(H,14,18). The molecule has 1 aliphatic carbocycles. The van der Waals surface area contributed by atoms with Gasteiger partial charge in [0.25, 0.3) is 0 Å². The Bertz CT molecular complexity index is 751. The van der Waals surface area contributed by atoms with Gasteiger partial charge in [0.2, 0.25) is 0 Å². The van der Waals surface area contributed by atoms with E-state index in [4.69, 9.17) is 5.84 Å². The summed E-state index contributed by atoms with van der Waals surface area (Å²) >= 11 is 0.960. The van der Waals surface area contributed by atoms with Gasteiger partial charge in [-0.2, -0.15) is 0 Å². The van der Waals surface area contributed by atoms with Crippen molar-refractivity contribution in [2.75, 3.05) is 5.43 Å². The SMILES string of the molecule is NNc1ccc([N+](=O)[O-])c(Sc2n[nH]c(=O)n2C2CC2)n1. The zero-order valence-corrected chi connectivity index (χ0v) is 11.5. The van der Waals surface area contributed by atoms with Crippen LogP contribution < -0.4 is 17.0 Å². The topological polar surface area (TPSA) is 145 Å². The Hall–Kier alpha value is -2.40. The van der Waals surface area contributed by atoms with Crippen LogP contribution in [-0.4, -0.2) is 24.7 Å². The first kappa shape index (κ1) is 13.6. The van der Waals surface area contributed by atoms with Crippen molar-refractivity contribution in [1.82, 2.24) is 19.7 Å². The highest BCUT2D eigenvalue weighted by Crippen LogP contribution is 2.39. The Morgan fingerprint density at radius 2 is 2.29 bits per heavy atom. The molecular formula is C10H11N7O3S. The lowest BCUT2D eigenvalue weighted by Gasteiger charge is -2.05. The predicted molar refractivity (Wildman–Crippen MR) is 73.9 cm³/mol. The van der Waals surface area contributed by atoms with Crippen molar-refractivity contribution >= 4 is 23.3 Å². The average Bonchev–Trinajstić information content (AvgIpc) is 3.23. The number of aromatic amines is 1. The number of hydrogen-bond acceptors (Lipinski definition) is 8. The summed E-state index contributed by atoms with van der Waals surface area (Å²) in [6.07, 6.45) is 1.79.